The van der Waals surface area contributed by atoms with Crippen LogP contribution in [0, 0.1) is 12.8 Å². The molecule has 0 unspecified atom stereocenters. The summed E-state index contributed by atoms with van der Waals surface area (Å²) in [7, 11) is 0. The van der Waals surface area contributed by atoms with Crippen molar-refractivity contribution in [2.24, 2.45) is 5.92 Å². The van der Waals surface area contributed by atoms with Gasteiger partial charge in [-0.3, -0.25) is 9.69 Å². The molecule has 1 atom stereocenters. The van der Waals surface area contributed by atoms with Crippen molar-refractivity contribution in [3.05, 3.63) is 59.9 Å². The summed E-state index contributed by atoms with van der Waals surface area (Å²) in [4.78, 5) is 19.5. The lowest BCUT2D eigenvalue weighted by Gasteiger charge is -2.31. The first kappa shape index (κ1) is 16.8. The molecule has 0 radical (unpaired) electrons. The molecule has 0 aliphatic carbocycles. The number of hydrogen-bond acceptors (Lipinski definition) is 4. The highest BCUT2D eigenvalue weighted by atomic mass is 16.3. The Balaban J connectivity index is 1.34. The van der Waals surface area contributed by atoms with E-state index in [1.165, 1.54) is 0 Å². The molecule has 6 nitrogen and oxygen atoms in total. The lowest BCUT2D eigenvalue weighted by Crippen LogP contribution is -2.42. The SMILES string of the molecule is Cc1cccc2nc(CNC(=O)[C@@H]3CCCN(Cc4ccco4)C3)cn12. The summed E-state index contributed by atoms with van der Waals surface area (Å²) in [5, 5.41) is 3.06. The number of rotatable bonds is 5. The van der Waals surface area contributed by atoms with Crippen LogP contribution in [0.3, 0.4) is 0 Å². The number of likely N-dealkylation sites (tertiary alicyclic amines) is 1. The number of fused-ring (bicyclic) bond motifs is 1. The lowest BCUT2D eigenvalue weighted by atomic mass is 9.97. The summed E-state index contributed by atoms with van der Waals surface area (Å²) < 4.78 is 7.47. The van der Waals surface area contributed by atoms with Crippen LogP contribution in [-0.4, -0.2) is 33.3 Å². The van der Waals surface area contributed by atoms with Gasteiger partial charge in [0, 0.05) is 18.4 Å². The molecule has 4 heterocycles. The van der Waals surface area contributed by atoms with Gasteiger partial charge in [-0.2, -0.15) is 0 Å². The molecule has 26 heavy (non-hydrogen) atoms. The second-order valence-electron chi connectivity index (χ2n) is 7.00. The quantitative estimate of drug-likeness (QED) is 0.767. The van der Waals surface area contributed by atoms with Crippen LogP contribution < -0.4 is 5.32 Å². The molecule has 0 spiro atoms. The van der Waals surface area contributed by atoms with E-state index in [2.05, 4.69) is 15.2 Å². The monoisotopic (exact) mass is 352 g/mol. The third kappa shape index (κ3) is 3.65. The van der Waals surface area contributed by atoms with Crippen LogP contribution in [0.1, 0.15) is 30.0 Å². The smallest absolute Gasteiger partial charge is 0.224 e. The molecule has 3 aromatic heterocycles. The van der Waals surface area contributed by atoms with Crippen molar-refractivity contribution in [1.29, 1.82) is 0 Å². The normalized spacial score (nSPS) is 18.3. The number of carbonyl (C=O) groups excluding carboxylic acids is 1. The number of carbonyl (C=O) groups is 1. The van der Waals surface area contributed by atoms with Gasteiger partial charge in [0.15, 0.2) is 0 Å². The first-order valence-corrected chi connectivity index (χ1v) is 9.15. The lowest BCUT2D eigenvalue weighted by molar-refractivity contribution is -0.127. The first-order valence-electron chi connectivity index (χ1n) is 9.15. The number of aryl methyl sites for hydroxylation is 1. The van der Waals surface area contributed by atoms with E-state index < -0.39 is 0 Å². The van der Waals surface area contributed by atoms with E-state index in [1.807, 2.05) is 47.9 Å². The van der Waals surface area contributed by atoms with Gasteiger partial charge in [-0.05, 0) is 50.6 Å². The summed E-state index contributed by atoms with van der Waals surface area (Å²) in [6.45, 7) is 5.07. The van der Waals surface area contributed by atoms with Gasteiger partial charge >= 0.3 is 0 Å². The number of pyridine rings is 1. The third-order valence-corrected chi connectivity index (χ3v) is 5.03. The Bertz CT molecular complexity index is 884. The molecule has 0 aromatic carbocycles. The van der Waals surface area contributed by atoms with Crippen molar-refractivity contribution in [2.45, 2.75) is 32.9 Å². The van der Waals surface area contributed by atoms with Crippen LogP contribution in [0.5, 0.6) is 0 Å². The molecule has 1 saturated heterocycles. The Kier molecular flexibility index (Phi) is 4.75. The molecule has 4 rings (SSSR count). The summed E-state index contributed by atoms with van der Waals surface area (Å²) in [5.74, 6) is 1.09. The Morgan fingerprint density at radius 3 is 3.08 bits per heavy atom. The van der Waals surface area contributed by atoms with E-state index in [4.69, 9.17) is 4.42 Å². The number of amides is 1. The Hall–Kier alpha value is -2.60. The van der Waals surface area contributed by atoms with Gasteiger partial charge < -0.3 is 14.1 Å². The van der Waals surface area contributed by atoms with Crippen LogP contribution in [0.25, 0.3) is 5.65 Å². The van der Waals surface area contributed by atoms with E-state index in [0.717, 1.165) is 55.3 Å². The molecule has 1 fully saturated rings. The zero-order valence-corrected chi connectivity index (χ0v) is 15.0. The Labute approximate surface area is 152 Å². The summed E-state index contributed by atoms with van der Waals surface area (Å²) in [6, 6.07) is 9.91. The van der Waals surface area contributed by atoms with Crippen molar-refractivity contribution >= 4 is 11.6 Å². The molecule has 6 heteroatoms. The number of imidazole rings is 1. The predicted molar refractivity (Wildman–Crippen MR) is 98.5 cm³/mol. The zero-order chi connectivity index (χ0) is 17.9. The van der Waals surface area contributed by atoms with E-state index in [1.54, 1.807) is 6.26 Å². The van der Waals surface area contributed by atoms with Crippen LogP contribution in [-0.2, 0) is 17.9 Å². The van der Waals surface area contributed by atoms with E-state index in [0.29, 0.717) is 6.54 Å². The summed E-state index contributed by atoms with van der Waals surface area (Å²) in [6.07, 6.45) is 5.66. The van der Waals surface area contributed by atoms with Crippen LogP contribution in [0.15, 0.2) is 47.2 Å². The number of aromatic nitrogens is 2. The number of piperidine rings is 1. The van der Waals surface area contributed by atoms with Crippen molar-refractivity contribution in [1.82, 2.24) is 19.6 Å². The van der Waals surface area contributed by atoms with Crippen molar-refractivity contribution < 1.29 is 9.21 Å². The van der Waals surface area contributed by atoms with Crippen LogP contribution in [0.2, 0.25) is 0 Å². The molecule has 1 aliphatic heterocycles. The minimum absolute atomic E-state index is 0.0254. The predicted octanol–water partition coefficient (Wildman–Crippen LogP) is 2.76. The van der Waals surface area contributed by atoms with E-state index >= 15 is 0 Å². The fourth-order valence-corrected chi connectivity index (χ4v) is 3.64. The van der Waals surface area contributed by atoms with E-state index in [-0.39, 0.29) is 11.8 Å². The maximum atomic E-state index is 12.6. The zero-order valence-electron chi connectivity index (χ0n) is 15.0. The molecule has 3 aromatic rings. The maximum Gasteiger partial charge on any atom is 0.224 e. The highest BCUT2D eigenvalue weighted by Gasteiger charge is 2.26. The molecule has 1 aliphatic rings. The van der Waals surface area contributed by atoms with Gasteiger partial charge in [0.25, 0.3) is 0 Å². The molecule has 0 saturated carbocycles. The summed E-state index contributed by atoms with van der Waals surface area (Å²) in [5.41, 5.74) is 2.93. The fraction of sp³-hybridized carbons (Fsp3) is 0.400. The first-order chi connectivity index (χ1) is 12.7. The molecular formula is C20H24N4O2. The van der Waals surface area contributed by atoms with Crippen molar-refractivity contribution in [3.63, 3.8) is 0 Å². The molecule has 1 amide bonds. The van der Waals surface area contributed by atoms with Gasteiger partial charge in [0.2, 0.25) is 5.91 Å². The van der Waals surface area contributed by atoms with Gasteiger partial charge in [-0.25, -0.2) is 4.98 Å². The second kappa shape index (κ2) is 7.33. The van der Waals surface area contributed by atoms with Crippen molar-refractivity contribution in [2.75, 3.05) is 13.1 Å². The largest absolute Gasteiger partial charge is 0.468 e. The Morgan fingerprint density at radius 2 is 2.27 bits per heavy atom. The number of hydrogen-bond donors (Lipinski definition) is 1. The van der Waals surface area contributed by atoms with Crippen molar-refractivity contribution in [3.8, 4) is 0 Å². The molecule has 1 N–H and O–H groups in total. The van der Waals surface area contributed by atoms with Crippen LogP contribution in [0.4, 0.5) is 0 Å². The van der Waals surface area contributed by atoms with Gasteiger partial charge in [-0.15, -0.1) is 0 Å². The van der Waals surface area contributed by atoms with Gasteiger partial charge in [0.05, 0.1) is 31.0 Å². The topological polar surface area (TPSA) is 62.8 Å². The van der Waals surface area contributed by atoms with Crippen LogP contribution >= 0.6 is 0 Å². The number of furan rings is 1. The minimum Gasteiger partial charge on any atom is -0.468 e. The highest BCUT2D eigenvalue weighted by molar-refractivity contribution is 5.78. The third-order valence-electron chi connectivity index (χ3n) is 5.03. The van der Waals surface area contributed by atoms with Gasteiger partial charge in [-0.1, -0.05) is 6.07 Å². The Morgan fingerprint density at radius 1 is 1.35 bits per heavy atom. The number of nitrogens with zero attached hydrogens (tertiary/aromatic N) is 3. The average molecular weight is 352 g/mol. The fourth-order valence-electron chi connectivity index (χ4n) is 3.64. The maximum absolute atomic E-state index is 12.6. The highest BCUT2D eigenvalue weighted by Crippen LogP contribution is 2.19. The van der Waals surface area contributed by atoms with Gasteiger partial charge in [0.1, 0.15) is 11.4 Å². The number of nitrogens with one attached hydrogen (secondary N) is 1. The molecule has 136 valence electrons. The minimum atomic E-state index is 0.0254. The average Bonchev–Trinajstić information content (AvgIpc) is 3.30. The standard InChI is InChI=1S/C20H24N4O2/c1-15-5-2-8-19-22-17(13-24(15)19)11-21-20(25)16-6-3-9-23(12-16)14-18-7-4-10-26-18/h2,4-5,7-8,10,13,16H,3,6,9,11-12,14H2,1H3,(H,21,25)/t16-/m1/s1. The molecule has 0 bridgehead atoms. The second-order valence-corrected chi connectivity index (χ2v) is 7.00. The summed E-state index contributed by atoms with van der Waals surface area (Å²) >= 11 is 0. The molecular weight excluding hydrogens is 328 g/mol. The van der Waals surface area contributed by atoms with E-state index in [9.17, 15) is 4.79 Å².